The van der Waals surface area contributed by atoms with Gasteiger partial charge in [0.1, 0.15) is 11.6 Å². The molecule has 3 N–H and O–H groups in total. The van der Waals surface area contributed by atoms with Crippen LogP contribution in [0.25, 0.3) is 0 Å². The fourth-order valence-electron chi connectivity index (χ4n) is 4.08. The van der Waals surface area contributed by atoms with Gasteiger partial charge >= 0.3 is 0 Å². The second kappa shape index (κ2) is 9.99. The maximum Gasteiger partial charge on any atom is 0.234 e. The maximum absolute atomic E-state index is 12.3. The van der Waals surface area contributed by atoms with Gasteiger partial charge in [0.05, 0.1) is 12.2 Å². The van der Waals surface area contributed by atoms with Gasteiger partial charge in [-0.05, 0) is 39.3 Å². The van der Waals surface area contributed by atoms with Gasteiger partial charge in [0.25, 0.3) is 0 Å². The quantitative estimate of drug-likeness (QED) is 0.676. The van der Waals surface area contributed by atoms with E-state index < -0.39 is 0 Å². The van der Waals surface area contributed by atoms with E-state index in [-0.39, 0.29) is 5.91 Å². The zero-order valence-electron chi connectivity index (χ0n) is 16.8. The van der Waals surface area contributed by atoms with E-state index in [0.29, 0.717) is 25.0 Å². The number of aromatic nitrogens is 2. The minimum absolute atomic E-state index is 0.115. The summed E-state index contributed by atoms with van der Waals surface area (Å²) in [6.07, 6.45) is 8.28. The van der Waals surface area contributed by atoms with Gasteiger partial charge in [0.2, 0.25) is 5.91 Å². The van der Waals surface area contributed by atoms with E-state index in [1.807, 2.05) is 25.1 Å². The van der Waals surface area contributed by atoms with Crippen molar-refractivity contribution in [2.45, 2.75) is 63.5 Å². The number of hydrogen-bond acceptors (Lipinski definition) is 6. The van der Waals surface area contributed by atoms with Crippen LogP contribution in [0.2, 0.25) is 0 Å². The highest BCUT2D eigenvalue weighted by molar-refractivity contribution is 5.78. The lowest BCUT2D eigenvalue weighted by Crippen LogP contribution is -2.41. The third-order valence-corrected chi connectivity index (χ3v) is 5.53. The Balaban J connectivity index is 1.57. The predicted octanol–water partition coefficient (Wildman–Crippen LogP) is 1.87. The first-order valence-corrected chi connectivity index (χ1v) is 10.4. The number of piperidine rings is 1. The van der Waals surface area contributed by atoms with Crippen molar-refractivity contribution in [3.8, 4) is 0 Å². The van der Waals surface area contributed by atoms with Crippen molar-refractivity contribution < 1.29 is 4.79 Å². The number of carbonyl (C=O) groups excluding carboxylic acids is 1. The van der Waals surface area contributed by atoms with Gasteiger partial charge in [0.15, 0.2) is 0 Å². The van der Waals surface area contributed by atoms with Crippen molar-refractivity contribution >= 4 is 11.7 Å². The van der Waals surface area contributed by atoms with Crippen molar-refractivity contribution in [2.75, 3.05) is 39.0 Å². The zero-order valence-corrected chi connectivity index (χ0v) is 16.8. The summed E-state index contributed by atoms with van der Waals surface area (Å²) in [4.78, 5) is 23.8. The number of nitrogens with one attached hydrogen (secondary N) is 3. The molecule has 0 radical (unpaired) electrons. The molecule has 2 heterocycles. The molecule has 1 atom stereocenters. The fraction of sp³-hybridized carbons (Fsp3) is 0.750. The summed E-state index contributed by atoms with van der Waals surface area (Å²) < 4.78 is 0. The van der Waals surface area contributed by atoms with Gasteiger partial charge < -0.3 is 16.0 Å². The maximum atomic E-state index is 12.3. The molecule has 0 spiro atoms. The van der Waals surface area contributed by atoms with Gasteiger partial charge in [0, 0.05) is 38.2 Å². The summed E-state index contributed by atoms with van der Waals surface area (Å²) in [5, 5.41) is 9.77. The lowest BCUT2D eigenvalue weighted by molar-refractivity contribution is -0.123. The highest BCUT2D eigenvalue weighted by Crippen LogP contribution is 2.22. The Morgan fingerprint density at radius 1 is 1.22 bits per heavy atom. The van der Waals surface area contributed by atoms with E-state index in [1.54, 1.807) is 0 Å². The molecule has 1 aromatic rings. The first kappa shape index (κ1) is 20.0. The fourth-order valence-corrected chi connectivity index (χ4v) is 4.08. The lowest BCUT2D eigenvalue weighted by Gasteiger charge is -2.25. The highest BCUT2D eigenvalue weighted by atomic mass is 16.2. The Kier molecular flexibility index (Phi) is 7.41. The van der Waals surface area contributed by atoms with Gasteiger partial charge in [-0.15, -0.1) is 0 Å². The second-order valence-corrected chi connectivity index (χ2v) is 7.97. The molecule has 3 rings (SSSR count). The van der Waals surface area contributed by atoms with Crippen LogP contribution < -0.4 is 16.0 Å². The van der Waals surface area contributed by atoms with Crippen molar-refractivity contribution in [2.24, 2.45) is 0 Å². The zero-order chi connectivity index (χ0) is 19.1. The molecule has 0 aromatic carbocycles. The van der Waals surface area contributed by atoms with Crippen LogP contribution in [0, 0.1) is 0 Å². The van der Waals surface area contributed by atoms with E-state index >= 15 is 0 Å². The predicted molar refractivity (Wildman–Crippen MR) is 108 cm³/mol. The summed E-state index contributed by atoms with van der Waals surface area (Å²) in [6, 6.07) is 2.34. The molecule has 2 fully saturated rings. The monoisotopic (exact) mass is 374 g/mol. The van der Waals surface area contributed by atoms with Crippen LogP contribution in [0.1, 0.15) is 62.4 Å². The van der Waals surface area contributed by atoms with E-state index in [1.165, 1.54) is 19.3 Å². The van der Waals surface area contributed by atoms with Gasteiger partial charge in [-0.3, -0.25) is 9.69 Å². The number of hydrogen-bond donors (Lipinski definition) is 3. The van der Waals surface area contributed by atoms with E-state index in [2.05, 4.69) is 20.9 Å². The molecule has 1 aliphatic heterocycles. The molecule has 7 heteroatoms. The number of carbonyl (C=O) groups is 1. The third kappa shape index (κ3) is 6.14. The minimum Gasteiger partial charge on any atom is -0.373 e. The standard InChI is InChI=1S/C20H34N6O/c1-21-18-11-17(24-20(25-18)15-7-6-10-22-12-15)13-26(2)14-19(27)23-16-8-4-3-5-9-16/h11,15-16,22H,3-10,12-14H2,1-2H3,(H,23,27)(H,21,24,25)/t15-/m0/s1. The molecule has 1 aliphatic carbocycles. The molecule has 1 saturated heterocycles. The number of amides is 1. The summed E-state index contributed by atoms with van der Waals surface area (Å²) >= 11 is 0. The van der Waals surface area contributed by atoms with Crippen LogP contribution in [0.3, 0.4) is 0 Å². The first-order valence-electron chi connectivity index (χ1n) is 10.4. The summed E-state index contributed by atoms with van der Waals surface area (Å²) in [7, 11) is 3.86. The molecule has 1 aromatic heterocycles. The van der Waals surface area contributed by atoms with Crippen LogP contribution in [-0.2, 0) is 11.3 Å². The number of nitrogens with zero attached hydrogens (tertiary/aromatic N) is 3. The molecule has 7 nitrogen and oxygen atoms in total. The average molecular weight is 375 g/mol. The van der Waals surface area contributed by atoms with Crippen molar-refractivity contribution in [1.82, 2.24) is 25.5 Å². The third-order valence-electron chi connectivity index (χ3n) is 5.53. The number of anilines is 1. The van der Waals surface area contributed by atoms with Gasteiger partial charge in [-0.25, -0.2) is 9.97 Å². The van der Waals surface area contributed by atoms with Crippen molar-refractivity contribution in [1.29, 1.82) is 0 Å². The largest absolute Gasteiger partial charge is 0.373 e. The first-order chi connectivity index (χ1) is 13.1. The van der Waals surface area contributed by atoms with Crippen molar-refractivity contribution in [3.63, 3.8) is 0 Å². The molecule has 150 valence electrons. The summed E-state index contributed by atoms with van der Waals surface area (Å²) in [5.74, 6) is 2.24. The van der Waals surface area contributed by atoms with E-state index in [0.717, 1.165) is 56.1 Å². The van der Waals surface area contributed by atoms with Crippen molar-refractivity contribution in [3.05, 3.63) is 17.6 Å². The van der Waals surface area contributed by atoms with E-state index in [9.17, 15) is 4.79 Å². The van der Waals surface area contributed by atoms with Crippen LogP contribution >= 0.6 is 0 Å². The van der Waals surface area contributed by atoms with Crippen LogP contribution in [-0.4, -0.2) is 60.5 Å². The van der Waals surface area contributed by atoms with Crippen LogP contribution in [0.15, 0.2) is 6.07 Å². The van der Waals surface area contributed by atoms with Gasteiger partial charge in [-0.2, -0.15) is 0 Å². The summed E-state index contributed by atoms with van der Waals surface area (Å²) in [6.45, 7) is 3.05. The molecule has 0 unspecified atom stereocenters. The average Bonchev–Trinajstić information content (AvgIpc) is 2.69. The van der Waals surface area contributed by atoms with E-state index in [4.69, 9.17) is 4.98 Å². The molecule has 1 amide bonds. The molecular weight excluding hydrogens is 340 g/mol. The molecule has 27 heavy (non-hydrogen) atoms. The molecular formula is C20H34N6O. The minimum atomic E-state index is 0.115. The molecule has 2 aliphatic rings. The smallest absolute Gasteiger partial charge is 0.234 e. The highest BCUT2D eigenvalue weighted by Gasteiger charge is 2.20. The molecule has 0 bridgehead atoms. The second-order valence-electron chi connectivity index (χ2n) is 7.97. The Bertz CT molecular complexity index is 610. The summed E-state index contributed by atoms with van der Waals surface area (Å²) in [5.41, 5.74) is 0.961. The molecule has 1 saturated carbocycles. The lowest BCUT2D eigenvalue weighted by atomic mass is 9.95. The SMILES string of the molecule is CNc1cc(CN(C)CC(=O)NC2CCCCC2)nc([C@H]2CCCNC2)n1. The Morgan fingerprint density at radius 3 is 2.74 bits per heavy atom. The number of rotatable bonds is 7. The van der Waals surface area contributed by atoms with Gasteiger partial charge in [-0.1, -0.05) is 19.3 Å². The Labute approximate surface area is 162 Å². The Morgan fingerprint density at radius 2 is 2.04 bits per heavy atom. The number of likely N-dealkylation sites (N-methyl/N-ethyl adjacent to an activating group) is 1. The topological polar surface area (TPSA) is 82.2 Å². The van der Waals surface area contributed by atoms with Crippen LogP contribution in [0.4, 0.5) is 5.82 Å². The Hall–Kier alpha value is -1.73. The van der Waals surface area contributed by atoms with Crippen LogP contribution in [0.5, 0.6) is 0 Å². The normalized spacial score (nSPS) is 21.2.